The topological polar surface area (TPSA) is 32.6 Å². The molecular formula is C5H7NO. The van der Waals surface area contributed by atoms with Crippen molar-refractivity contribution in [2.75, 3.05) is 0 Å². The third-order valence-electron chi connectivity index (χ3n) is 0.372. The van der Waals surface area contributed by atoms with Gasteiger partial charge in [-0.2, -0.15) is 0 Å². The fraction of sp³-hybridized carbons (Fsp3) is 0. The fourth-order valence-corrected chi connectivity index (χ4v) is 0.139. The third-order valence-corrected chi connectivity index (χ3v) is 0.372. The Bertz CT molecular complexity index is 105. The van der Waals surface area contributed by atoms with Crippen LogP contribution in [0, 0.1) is 0 Å². The molecule has 0 aromatic carbocycles. The Morgan fingerprint density at radius 1 is 1.71 bits per heavy atom. The summed E-state index contributed by atoms with van der Waals surface area (Å²) in [4.78, 5) is 3.32. The second-order valence-corrected chi connectivity index (χ2v) is 0.990. The van der Waals surface area contributed by atoms with E-state index in [0.29, 0.717) is 0 Å². The Balaban J connectivity index is 3.46. The first-order valence-corrected chi connectivity index (χ1v) is 1.77. The Morgan fingerprint density at radius 3 is 2.43 bits per heavy atom. The maximum Gasteiger partial charge on any atom is 0.109 e. The molecule has 0 saturated heterocycles. The SMILES string of the molecule is C=N/C=C\C(=C)O. The highest BCUT2D eigenvalue weighted by Gasteiger charge is 1.68. The summed E-state index contributed by atoms with van der Waals surface area (Å²) in [7, 11) is 0. The van der Waals surface area contributed by atoms with Crippen molar-refractivity contribution in [3.63, 3.8) is 0 Å². The largest absolute Gasteiger partial charge is 0.509 e. The van der Waals surface area contributed by atoms with Gasteiger partial charge in [0.15, 0.2) is 0 Å². The van der Waals surface area contributed by atoms with Crippen LogP contribution < -0.4 is 0 Å². The van der Waals surface area contributed by atoms with Crippen LogP contribution >= 0.6 is 0 Å². The Morgan fingerprint density at radius 2 is 2.29 bits per heavy atom. The number of hydrogen-bond acceptors (Lipinski definition) is 2. The average molecular weight is 97.1 g/mol. The standard InChI is InChI=1S/C5H7NO/c1-5(7)3-4-6-2/h3-4,7H,1-2H2/b4-3-. The number of nitrogens with zero attached hydrogens (tertiary/aromatic N) is 1. The molecular weight excluding hydrogens is 90.1 g/mol. The van der Waals surface area contributed by atoms with Gasteiger partial charge in [0, 0.05) is 6.20 Å². The van der Waals surface area contributed by atoms with Crippen LogP contribution in [-0.4, -0.2) is 11.8 Å². The molecule has 0 aliphatic rings. The van der Waals surface area contributed by atoms with Gasteiger partial charge in [-0.3, -0.25) is 4.99 Å². The molecule has 0 unspecified atom stereocenters. The minimum atomic E-state index is -0.00704. The maximum atomic E-state index is 8.31. The lowest BCUT2D eigenvalue weighted by Gasteiger charge is -1.77. The van der Waals surface area contributed by atoms with Crippen LogP contribution in [0.5, 0.6) is 0 Å². The highest BCUT2D eigenvalue weighted by atomic mass is 16.3. The second kappa shape index (κ2) is 3.15. The van der Waals surface area contributed by atoms with Gasteiger partial charge in [0.05, 0.1) is 0 Å². The smallest absolute Gasteiger partial charge is 0.109 e. The molecule has 0 atom stereocenters. The second-order valence-electron chi connectivity index (χ2n) is 0.990. The van der Waals surface area contributed by atoms with Crippen molar-refractivity contribution < 1.29 is 5.11 Å². The summed E-state index contributed by atoms with van der Waals surface area (Å²) in [6.45, 7) is 6.32. The fourth-order valence-electron chi connectivity index (χ4n) is 0.139. The van der Waals surface area contributed by atoms with E-state index in [4.69, 9.17) is 5.11 Å². The molecule has 0 aromatic rings. The molecule has 0 aliphatic carbocycles. The third kappa shape index (κ3) is 4.95. The maximum absolute atomic E-state index is 8.31. The van der Waals surface area contributed by atoms with Gasteiger partial charge in [0.25, 0.3) is 0 Å². The molecule has 0 bridgehead atoms. The van der Waals surface area contributed by atoms with Gasteiger partial charge in [-0.15, -0.1) is 0 Å². The zero-order chi connectivity index (χ0) is 5.70. The molecule has 0 aromatic heterocycles. The number of allylic oxidation sites excluding steroid dienone is 1. The van der Waals surface area contributed by atoms with Gasteiger partial charge in [0.2, 0.25) is 0 Å². The van der Waals surface area contributed by atoms with E-state index >= 15 is 0 Å². The van der Waals surface area contributed by atoms with E-state index in [1.165, 1.54) is 12.3 Å². The lowest BCUT2D eigenvalue weighted by molar-refractivity contribution is 0.435. The van der Waals surface area contributed by atoms with Crippen molar-refractivity contribution in [1.82, 2.24) is 0 Å². The van der Waals surface area contributed by atoms with E-state index in [1.807, 2.05) is 0 Å². The molecule has 2 heteroatoms. The van der Waals surface area contributed by atoms with Gasteiger partial charge in [-0.05, 0) is 12.8 Å². The highest BCUT2D eigenvalue weighted by Crippen LogP contribution is 1.82. The van der Waals surface area contributed by atoms with Crippen LogP contribution in [0.15, 0.2) is 29.6 Å². The van der Waals surface area contributed by atoms with E-state index in [2.05, 4.69) is 18.3 Å². The molecule has 0 aliphatic heterocycles. The molecule has 0 rings (SSSR count). The Kier molecular flexibility index (Phi) is 2.68. The van der Waals surface area contributed by atoms with Crippen LogP contribution in [0.3, 0.4) is 0 Å². The number of hydrogen-bond donors (Lipinski definition) is 1. The Labute approximate surface area is 42.5 Å². The molecule has 0 fully saturated rings. The first kappa shape index (κ1) is 5.95. The first-order chi connectivity index (χ1) is 3.27. The number of aliphatic hydroxyl groups excluding tert-OH is 1. The molecule has 0 heterocycles. The van der Waals surface area contributed by atoms with Crippen molar-refractivity contribution >= 4 is 6.72 Å². The predicted octanol–water partition coefficient (Wildman–Crippen LogP) is 1.27. The van der Waals surface area contributed by atoms with Crippen molar-refractivity contribution in [3.8, 4) is 0 Å². The van der Waals surface area contributed by atoms with Crippen LogP contribution in [0.25, 0.3) is 0 Å². The highest BCUT2D eigenvalue weighted by molar-refractivity contribution is 5.26. The Hall–Kier alpha value is -1.05. The van der Waals surface area contributed by atoms with Gasteiger partial charge in [-0.1, -0.05) is 6.58 Å². The minimum absolute atomic E-state index is 0.00704. The quantitative estimate of drug-likeness (QED) is 0.314. The summed E-state index contributed by atoms with van der Waals surface area (Å²) in [5.74, 6) is -0.00704. The van der Waals surface area contributed by atoms with Gasteiger partial charge in [-0.25, -0.2) is 0 Å². The van der Waals surface area contributed by atoms with Crippen molar-refractivity contribution in [2.45, 2.75) is 0 Å². The molecule has 2 nitrogen and oxygen atoms in total. The lowest BCUT2D eigenvalue weighted by Crippen LogP contribution is -1.63. The number of rotatable bonds is 2. The zero-order valence-corrected chi connectivity index (χ0v) is 3.96. The van der Waals surface area contributed by atoms with E-state index in [1.54, 1.807) is 0 Å². The summed E-state index contributed by atoms with van der Waals surface area (Å²) >= 11 is 0. The average Bonchev–Trinajstić information content (AvgIpc) is 1.61. The summed E-state index contributed by atoms with van der Waals surface area (Å²) in [6, 6.07) is 0. The summed E-state index contributed by atoms with van der Waals surface area (Å²) in [6.07, 6.45) is 2.72. The number of aliphatic hydroxyl groups is 1. The summed E-state index contributed by atoms with van der Waals surface area (Å²) in [5, 5.41) is 8.31. The summed E-state index contributed by atoms with van der Waals surface area (Å²) in [5.41, 5.74) is 0. The molecule has 0 saturated carbocycles. The normalized spacial score (nSPS) is 9.14. The molecule has 7 heavy (non-hydrogen) atoms. The molecule has 0 amide bonds. The predicted molar refractivity (Wildman–Crippen MR) is 30.5 cm³/mol. The zero-order valence-electron chi connectivity index (χ0n) is 3.96. The number of aliphatic imine (C=N–C) groups is 1. The van der Waals surface area contributed by atoms with Gasteiger partial charge >= 0.3 is 0 Å². The van der Waals surface area contributed by atoms with Crippen molar-refractivity contribution in [1.29, 1.82) is 0 Å². The van der Waals surface area contributed by atoms with Crippen LogP contribution in [-0.2, 0) is 0 Å². The summed E-state index contributed by atoms with van der Waals surface area (Å²) < 4.78 is 0. The monoisotopic (exact) mass is 97.1 g/mol. The van der Waals surface area contributed by atoms with Crippen LogP contribution in [0.4, 0.5) is 0 Å². The van der Waals surface area contributed by atoms with E-state index in [-0.39, 0.29) is 5.76 Å². The molecule has 38 valence electrons. The molecule has 0 radical (unpaired) electrons. The van der Waals surface area contributed by atoms with Gasteiger partial charge in [0.1, 0.15) is 5.76 Å². The van der Waals surface area contributed by atoms with Crippen molar-refractivity contribution in [3.05, 3.63) is 24.6 Å². The lowest BCUT2D eigenvalue weighted by atomic mass is 10.5. The van der Waals surface area contributed by atoms with E-state index in [9.17, 15) is 0 Å². The molecule has 1 N–H and O–H groups in total. The van der Waals surface area contributed by atoms with Crippen molar-refractivity contribution in [2.24, 2.45) is 4.99 Å². The van der Waals surface area contributed by atoms with E-state index in [0.717, 1.165) is 0 Å². The minimum Gasteiger partial charge on any atom is -0.509 e. The molecule has 0 spiro atoms. The van der Waals surface area contributed by atoms with Crippen LogP contribution in [0.2, 0.25) is 0 Å². The van der Waals surface area contributed by atoms with Gasteiger partial charge < -0.3 is 5.11 Å². The van der Waals surface area contributed by atoms with E-state index < -0.39 is 0 Å². The first-order valence-electron chi connectivity index (χ1n) is 1.77. The van der Waals surface area contributed by atoms with Crippen LogP contribution in [0.1, 0.15) is 0 Å².